The van der Waals surface area contributed by atoms with E-state index >= 15 is 0 Å². The summed E-state index contributed by atoms with van der Waals surface area (Å²) in [6.07, 6.45) is 1.68. The van der Waals surface area contributed by atoms with Gasteiger partial charge in [-0.25, -0.2) is 21.9 Å². The Labute approximate surface area is 197 Å². The number of sulfonamides is 1. The molecule has 2 atom stereocenters. The van der Waals surface area contributed by atoms with Gasteiger partial charge >= 0.3 is 5.97 Å². The zero-order valence-corrected chi connectivity index (χ0v) is 19.4. The lowest BCUT2D eigenvalue weighted by atomic mass is 9.92. The van der Waals surface area contributed by atoms with Crippen LogP contribution in [0, 0.1) is 5.82 Å². The molecule has 0 amide bonds. The molecule has 7 nitrogen and oxygen atoms in total. The zero-order chi connectivity index (χ0) is 24.3. The second kappa shape index (κ2) is 9.97. The smallest absolute Gasteiger partial charge is 0.306 e. The first kappa shape index (κ1) is 24.6. The first-order valence-electron chi connectivity index (χ1n) is 11.4. The molecule has 3 N–H and O–H groups in total. The van der Waals surface area contributed by atoms with E-state index in [4.69, 9.17) is 9.84 Å². The van der Waals surface area contributed by atoms with E-state index in [0.29, 0.717) is 24.0 Å². The van der Waals surface area contributed by atoms with Gasteiger partial charge in [-0.1, -0.05) is 36.4 Å². The van der Waals surface area contributed by atoms with Gasteiger partial charge in [0.05, 0.1) is 13.0 Å². The number of benzene rings is 2. The van der Waals surface area contributed by atoms with Gasteiger partial charge in [0.15, 0.2) is 11.6 Å². The predicted octanol–water partition coefficient (Wildman–Crippen LogP) is 3.39. The van der Waals surface area contributed by atoms with Crippen LogP contribution >= 0.6 is 0 Å². The normalized spacial score (nSPS) is 21.7. The van der Waals surface area contributed by atoms with E-state index in [2.05, 4.69) is 10.0 Å². The lowest BCUT2D eigenvalue weighted by Gasteiger charge is -2.33. The maximum atomic E-state index is 14.5. The minimum absolute atomic E-state index is 0.0139. The fourth-order valence-electron chi connectivity index (χ4n) is 4.22. The van der Waals surface area contributed by atoms with E-state index in [0.717, 1.165) is 18.5 Å². The number of halogens is 2. The number of carboxylic acids is 1. The van der Waals surface area contributed by atoms with Crippen molar-refractivity contribution in [2.24, 2.45) is 0 Å². The van der Waals surface area contributed by atoms with Gasteiger partial charge in [0.1, 0.15) is 0 Å². The molecule has 34 heavy (non-hydrogen) atoms. The van der Waals surface area contributed by atoms with E-state index in [-0.39, 0.29) is 37.7 Å². The van der Waals surface area contributed by atoms with E-state index in [1.807, 2.05) is 18.2 Å². The fourth-order valence-corrected chi connectivity index (χ4v) is 5.75. The summed E-state index contributed by atoms with van der Waals surface area (Å²) >= 11 is 0. The van der Waals surface area contributed by atoms with Crippen LogP contribution in [0.15, 0.2) is 42.5 Å². The third kappa shape index (κ3) is 5.56. The average molecular weight is 495 g/mol. The summed E-state index contributed by atoms with van der Waals surface area (Å²) in [4.78, 5) is 10.8. The molecule has 4 rings (SSSR count). The number of alkyl halides is 1. The summed E-state index contributed by atoms with van der Waals surface area (Å²) in [7, 11) is -4.04. The summed E-state index contributed by atoms with van der Waals surface area (Å²) in [5.41, 5.74) is 2.08. The number of carbonyl (C=O) groups is 1. The van der Waals surface area contributed by atoms with Crippen LogP contribution in [0.5, 0.6) is 5.75 Å². The predicted molar refractivity (Wildman–Crippen MR) is 123 cm³/mol. The monoisotopic (exact) mass is 494 g/mol. The summed E-state index contributed by atoms with van der Waals surface area (Å²) < 4.78 is 61.6. The van der Waals surface area contributed by atoms with Crippen molar-refractivity contribution in [1.29, 1.82) is 0 Å². The highest BCUT2D eigenvalue weighted by molar-refractivity contribution is 7.91. The molecule has 2 aromatic carbocycles. The summed E-state index contributed by atoms with van der Waals surface area (Å²) in [5, 5.41) is 10.0. The van der Waals surface area contributed by atoms with Gasteiger partial charge in [-0.3, -0.25) is 4.79 Å². The Balaban J connectivity index is 1.52. The maximum Gasteiger partial charge on any atom is 0.306 e. The van der Waals surface area contributed by atoms with Crippen molar-refractivity contribution in [2.45, 2.75) is 55.6 Å². The van der Waals surface area contributed by atoms with Crippen LogP contribution in [0.2, 0.25) is 0 Å². The summed E-state index contributed by atoms with van der Waals surface area (Å²) in [6.45, 7) is 0.571. The topological polar surface area (TPSA) is 105 Å². The van der Waals surface area contributed by atoms with Crippen LogP contribution in [0.25, 0.3) is 11.1 Å². The molecule has 2 aromatic rings. The van der Waals surface area contributed by atoms with Crippen molar-refractivity contribution in [3.63, 3.8) is 0 Å². The highest BCUT2D eigenvalue weighted by atomic mass is 32.2. The standard InChI is InChI=1S/C24H28F2N2O5S/c25-19-7-2-6-18(23(19)33-13-9-22(29)30)17-5-1-4-16(14-17)15-21-20(8-3-12-27-21)28-34(31,32)24(26)10-11-24/h1-2,4-7,14,20-21,27-28H,3,8-13,15H2,(H,29,30). The molecule has 10 heteroatoms. The van der Waals surface area contributed by atoms with Gasteiger partial charge < -0.3 is 15.2 Å². The molecule has 0 spiro atoms. The van der Waals surface area contributed by atoms with Crippen molar-refractivity contribution in [2.75, 3.05) is 13.2 Å². The van der Waals surface area contributed by atoms with Gasteiger partial charge in [0, 0.05) is 30.5 Å². The summed E-state index contributed by atoms with van der Waals surface area (Å²) in [5.74, 6) is -1.64. The van der Waals surface area contributed by atoms with Gasteiger partial charge in [-0.05, 0) is 43.0 Å². The van der Waals surface area contributed by atoms with Crippen molar-refractivity contribution in [1.82, 2.24) is 10.0 Å². The average Bonchev–Trinajstić information content (AvgIpc) is 3.55. The number of rotatable bonds is 10. The molecule has 1 aliphatic heterocycles. The van der Waals surface area contributed by atoms with Gasteiger partial charge in [-0.2, -0.15) is 0 Å². The molecule has 1 heterocycles. The number of hydrogen-bond acceptors (Lipinski definition) is 5. The number of hydrogen-bond donors (Lipinski definition) is 3. The van der Waals surface area contributed by atoms with Gasteiger partial charge in [-0.15, -0.1) is 0 Å². The lowest BCUT2D eigenvalue weighted by Crippen LogP contribution is -2.55. The van der Waals surface area contributed by atoms with E-state index < -0.39 is 32.9 Å². The zero-order valence-electron chi connectivity index (χ0n) is 18.6. The van der Waals surface area contributed by atoms with E-state index in [1.54, 1.807) is 18.2 Å². The highest BCUT2D eigenvalue weighted by Gasteiger charge is 2.56. The Kier molecular flexibility index (Phi) is 7.20. The fraction of sp³-hybridized carbons (Fsp3) is 0.458. The minimum Gasteiger partial charge on any atom is -0.489 e. The summed E-state index contributed by atoms with van der Waals surface area (Å²) in [6, 6.07) is 11.2. The third-order valence-corrected chi connectivity index (χ3v) is 8.22. The maximum absolute atomic E-state index is 14.5. The van der Waals surface area contributed by atoms with Gasteiger partial charge in [0.2, 0.25) is 15.0 Å². The van der Waals surface area contributed by atoms with Crippen LogP contribution in [0.3, 0.4) is 0 Å². The molecule has 1 saturated heterocycles. The number of nitrogens with one attached hydrogen (secondary N) is 2. The molecule has 0 bridgehead atoms. The van der Waals surface area contributed by atoms with Crippen molar-refractivity contribution in [3.8, 4) is 16.9 Å². The minimum atomic E-state index is -4.04. The number of carboxylic acid groups (broad SMARTS) is 1. The second-order valence-corrected chi connectivity index (χ2v) is 10.8. The number of para-hydroxylation sites is 1. The molecular weight excluding hydrogens is 466 g/mol. The van der Waals surface area contributed by atoms with Crippen LogP contribution in [-0.2, 0) is 21.2 Å². The molecule has 0 aromatic heterocycles. The van der Waals surface area contributed by atoms with E-state index in [9.17, 15) is 22.0 Å². The Morgan fingerprint density at radius 2 is 2.00 bits per heavy atom. The first-order valence-corrected chi connectivity index (χ1v) is 12.8. The largest absolute Gasteiger partial charge is 0.489 e. The molecule has 0 radical (unpaired) electrons. The van der Waals surface area contributed by atoms with Crippen LogP contribution in [-0.4, -0.2) is 49.7 Å². The molecule has 2 fully saturated rings. The van der Waals surface area contributed by atoms with Crippen molar-refractivity contribution in [3.05, 3.63) is 53.8 Å². The van der Waals surface area contributed by atoms with E-state index in [1.165, 1.54) is 6.07 Å². The van der Waals surface area contributed by atoms with Crippen LogP contribution in [0.1, 0.15) is 37.7 Å². The molecule has 1 aliphatic carbocycles. The Morgan fingerprint density at radius 3 is 2.74 bits per heavy atom. The molecule has 2 unspecified atom stereocenters. The first-order chi connectivity index (χ1) is 16.2. The van der Waals surface area contributed by atoms with Crippen molar-refractivity contribution < 1.29 is 31.8 Å². The van der Waals surface area contributed by atoms with Crippen molar-refractivity contribution >= 4 is 16.0 Å². The Hall–Kier alpha value is -2.56. The Bertz CT molecular complexity index is 1150. The highest BCUT2D eigenvalue weighted by Crippen LogP contribution is 2.44. The molecule has 184 valence electrons. The lowest BCUT2D eigenvalue weighted by molar-refractivity contribution is -0.137. The van der Waals surface area contributed by atoms with Gasteiger partial charge in [0.25, 0.3) is 0 Å². The Morgan fingerprint density at radius 1 is 1.24 bits per heavy atom. The third-order valence-electron chi connectivity index (χ3n) is 6.24. The van der Waals surface area contributed by atoms with Crippen LogP contribution in [0.4, 0.5) is 8.78 Å². The molecular formula is C24H28F2N2O5S. The van der Waals surface area contributed by atoms with Crippen LogP contribution < -0.4 is 14.8 Å². The molecule has 2 aliphatic rings. The number of ether oxygens (including phenoxy) is 1. The quantitative estimate of drug-likeness (QED) is 0.468. The SMILES string of the molecule is O=C(O)CCOc1c(F)cccc1-c1cccc(CC2NCCCC2NS(=O)(=O)C2(F)CC2)c1. The number of piperidine rings is 1. The molecule has 1 saturated carbocycles. The second-order valence-electron chi connectivity index (χ2n) is 8.83. The number of aliphatic carboxylic acids is 1.